The van der Waals surface area contributed by atoms with Crippen LogP contribution in [0.4, 0.5) is 0 Å². The maximum absolute atomic E-state index is 13.1. The molecule has 1 fully saturated rings. The van der Waals surface area contributed by atoms with E-state index in [0.29, 0.717) is 19.6 Å². The summed E-state index contributed by atoms with van der Waals surface area (Å²) in [5, 5.41) is 8.91. The summed E-state index contributed by atoms with van der Waals surface area (Å²) in [5.74, 6) is 0.0872. The van der Waals surface area contributed by atoms with Gasteiger partial charge in [0.25, 0.3) is 0 Å². The number of aryl methyl sites for hydroxylation is 4. The Morgan fingerprint density at radius 2 is 1.38 bits per heavy atom. The van der Waals surface area contributed by atoms with Gasteiger partial charge >= 0.3 is 0 Å². The van der Waals surface area contributed by atoms with Gasteiger partial charge in [-0.2, -0.15) is 10.2 Å². The van der Waals surface area contributed by atoms with Crippen molar-refractivity contribution < 1.29 is 9.59 Å². The predicted molar refractivity (Wildman–Crippen MR) is 111 cm³/mol. The molecular weight excluding hydrogens is 368 g/mol. The molecule has 3 heterocycles. The zero-order valence-corrected chi connectivity index (χ0v) is 18.5. The predicted octanol–water partition coefficient (Wildman–Crippen LogP) is 2.19. The van der Waals surface area contributed by atoms with E-state index >= 15 is 0 Å². The number of aromatic nitrogens is 4. The molecule has 0 aliphatic carbocycles. The van der Waals surface area contributed by atoms with Crippen LogP contribution in [-0.2, 0) is 9.59 Å². The minimum absolute atomic E-state index is 0.0433. The van der Waals surface area contributed by atoms with Crippen LogP contribution in [-0.4, -0.2) is 66.9 Å². The monoisotopic (exact) mass is 400 g/mol. The van der Waals surface area contributed by atoms with Crippen molar-refractivity contribution in [3.8, 4) is 0 Å². The molecule has 0 saturated carbocycles. The number of amides is 2. The van der Waals surface area contributed by atoms with Gasteiger partial charge in [0.1, 0.15) is 12.1 Å². The summed E-state index contributed by atoms with van der Waals surface area (Å²) in [7, 11) is 0. The van der Waals surface area contributed by atoms with Crippen LogP contribution in [0.25, 0.3) is 0 Å². The van der Waals surface area contributed by atoms with E-state index in [2.05, 4.69) is 10.2 Å². The first kappa shape index (κ1) is 21.1. The van der Waals surface area contributed by atoms with Gasteiger partial charge in [0.2, 0.25) is 11.8 Å². The lowest BCUT2D eigenvalue weighted by Crippen LogP contribution is -2.57. The first-order chi connectivity index (χ1) is 13.6. The average molecular weight is 401 g/mol. The lowest BCUT2D eigenvalue weighted by molar-refractivity contribution is -0.146. The molecule has 0 aromatic carbocycles. The van der Waals surface area contributed by atoms with Gasteiger partial charge in [-0.25, -0.2) is 0 Å². The third-order valence-corrected chi connectivity index (χ3v) is 5.76. The van der Waals surface area contributed by atoms with Gasteiger partial charge in [0.15, 0.2) is 0 Å². The molecule has 2 aromatic heterocycles. The standard InChI is InChI=1S/C21H32N6O2/c1-13-10-15(3)26(22-13)18(6)20(28)24-8-9-25(17(5)12-24)21(29)19(7)27-16(4)11-14(2)23-27/h10-11,17-19H,8-9,12H2,1-7H3/t17-,18?,19?/m0/s1. The van der Waals surface area contributed by atoms with Crippen molar-refractivity contribution in [2.45, 2.75) is 66.6 Å². The lowest BCUT2D eigenvalue weighted by atomic mass is 10.1. The Hall–Kier alpha value is -2.64. The second-order valence-electron chi connectivity index (χ2n) is 8.26. The maximum atomic E-state index is 13.1. The van der Waals surface area contributed by atoms with Gasteiger partial charge in [0.05, 0.1) is 11.4 Å². The van der Waals surface area contributed by atoms with Crippen molar-refractivity contribution >= 4 is 11.8 Å². The highest BCUT2D eigenvalue weighted by molar-refractivity contribution is 5.82. The highest BCUT2D eigenvalue weighted by Crippen LogP contribution is 2.21. The quantitative estimate of drug-likeness (QED) is 0.788. The van der Waals surface area contributed by atoms with Crippen molar-refractivity contribution in [3.63, 3.8) is 0 Å². The van der Waals surface area contributed by atoms with Crippen molar-refractivity contribution in [1.29, 1.82) is 0 Å². The van der Waals surface area contributed by atoms with E-state index in [0.717, 1.165) is 22.8 Å². The SMILES string of the molecule is Cc1cc(C)n(C(C)C(=O)N2CCN(C(=O)C(C)n3nc(C)cc3C)[C@@H](C)C2)n1. The average Bonchev–Trinajstić information content (AvgIpc) is 3.19. The van der Waals surface area contributed by atoms with E-state index in [9.17, 15) is 9.59 Å². The van der Waals surface area contributed by atoms with Gasteiger partial charge in [0, 0.05) is 37.1 Å². The van der Waals surface area contributed by atoms with E-state index in [1.165, 1.54) is 0 Å². The minimum atomic E-state index is -0.359. The summed E-state index contributed by atoms with van der Waals surface area (Å²) in [6.45, 7) is 15.1. The summed E-state index contributed by atoms with van der Waals surface area (Å²) in [5.41, 5.74) is 3.76. The van der Waals surface area contributed by atoms with E-state index in [4.69, 9.17) is 0 Å². The number of carbonyl (C=O) groups excluding carboxylic acids is 2. The van der Waals surface area contributed by atoms with Crippen LogP contribution in [0.2, 0.25) is 0 Å². The second kappa shape index (κ2) is 8.00. The molecule has 2 unspecified atom stereocenters. The Morgan fingerprint density at radius 3 is 1.79 bits per heavy atom. The molecule has 0 N–H and O–H groups in total. The highest BCUT2D eigenvalue weighted by Gasteiger charge is 2.34. The van der Waals surface area contributed by atoms with Crippen LogP contribution >= 0.6 is 0 Å². The molecule has 3 rings (SSSR count). The number of carbonyl (C=O) groups is 2. The first-order valence-corrected chi connectivity index (χ1v) is 10.2. The normalized spacial score (nSPS) is 19.3. The fraction of sp³-hybridized carbons (Fsp3) is 0.619. The number of rotatable bonds is 4. The fourth-order valence-electron chi connectivity index (χ4n) is 4.27. The third-order valence-electron chi connectivity index (χ3n) is 5.76. The summed E-state index contributed by atoms with van der Waals surface area (Å²) in [4.78, 5) is 29.9. The van der Waals surface area contributed by atoms with E-state index in [-0.39, 0.29) is 29.9 Å². The van der Waals surface area contributed by atoms with Crippen LogP contribution in [0.1, 0.15) is 55.6 Å². The van der Waals surface area contributed by atoms with Crippen LogP contribution in [0.5, 0.6) is 0 Å². The maximum Gasteiger partial charge on any atom is 0.247 e. The Labute approximate surface area is 172 Å². The Balaban J connectivity index is 1.67. The number of piperazine rings is 1. The number of nitrogens with zero attached hydrogens (tertiary/aromatic N) is 6. The Morgan fingerprint density at radius 1 is 0.897 bits per heavy atom. The van der Waals surface area contributed by atoms with Crippen molar-refractivity contribution in [1.82, 2.24) is 29.4 Å². The zero-order chi connectivity index (χ0) is 21.5. The molecule has 1 aliphatic heterocycles. The van der Waals surface area contributed by atoms with Crippen LogP contribution in [0, 0.1) is 27.7 Å². The lowest BCUT2D eigenvalue weighted by Gasteiger charge is -2.41. The molecular formula is C21H32N6O2. The molecule has 2 aromatic rings. The van der Waals surface area contributed by atoms with Crippen LogP contribution < -0.4 is 0 Å². The Kier molecular flexibility index (Phi) is 5.82. The second-order valence-corrected chi connectivity index (χ2v) is 8.26. The molecule has 1 saturated heterocycles. The van der Waals surface area contributed by atoms with Crippen molar-refractivity contribution in [2.24, 2.45) is 0 Å². The molecule has 158 valence electrons. The summed E-state index contributed by atoms with van der Waals surface area (Å²) >= 11 is 0. The summed E-state index contributed by atoms with van der Waals surface area (Å²) < 4.78 is 3.57. The van der Waals surface area contributed by atoms with Gasteiger partial charge < -0.3 is 9.80 Å². The highest BCUT2D eigenvalue weighted by atomic mass is 16.2. The van der Waals surface area contributed by atoms with Gasteiger partial charge in [-0.15, -0.1) is 0 Å². The van der Waals surface area contributed by atoms with Gasteiger partial charge in [-0.3, -0.25) is 19.0 Å². The molecule has 29 heavy (non-hydrogen) atoms. The van der Waals surface area contributed by atoms with Gasteiger partial charge in [-0.1, -0.05) is 0 Å². The molecule has 8 heteroatoms. The molecule has 0 spiro atoms. The zero-order valence-electron chi connectivity index (χ0n) is 18.5. The van der Waals surface area contributed by atoms with Crippen LogP contribution in [0.3, 0.4) is 0 Å². The summed E-state index contributed by atoms with van der Waals surface area (Å²) in [6.07, 6.45) is 0. The molecule has 0 radical (unpaired) electrons. The molecule has 8 nitrogen and oxygen atoms in total. The smallest absolute Gasteiger partial charge is 0.247 e. The van der Waals surface area contributed by atoms with Crippen LogP contribution in [0.15, 0.2) is 12.1 Å². The molecule has 0 bridgehead atoms. The minimum Gasteiger partial charge on any atom is -0.337 e. The van der Waals surface area contributed by atoms with E-state index in [1.54, 1.807) is 9.36 Å². The number of hydrogen-bond acceptors (Lipinski definition) is 4. The third kappa shape index (κ3) is 4.06. The summed E-state index contributed by atoms with van der Waals surface area (Å²) in [6, 6.07) is 3.19. The first-order valence-electron chi connectivity index (χ1n) is 10.2. The van der Waals surface area contributed by atoms with E-state index in [1.807, 2.05) is 70.4 Å². The fourth-order valence-corrected chi connectivity index (χ4v) is 4.27. The largest absolute Gasteiger partial charge is 0.337 e. The molecule has 2 amide bonds. The van der Waals surface area contributed by atoms with Gasteiger partial charge in [-0.05, 0) is 60.6 Å². The topological polar surface area (TPSA) is 76.3 Å². The Bertz CT molecular complexity index is 914. The molecule has 3 atom stereocenters. The van der Waals surface area contributed by atoms with Crippen molar-refractivity contribution in [3.05, 3.63) is 34.9 Å². The van der Waals surface area contributed by atoms with Crippen molar-refractivity contribution in [2.75, 3.05) is 19.6 Å². The number of hydrogen-bond donors (Lipinski definition) is 0. The molecule has 1 aliphatic rings. The van der Waals surface area contributed by atoms with E-state index < -0.39 is 0 Å².